The minimum Gasteiger partial charge on any atom is -0.492 e. The Hall–Kier alpha value is -3.64. The number of nitrogens with zero attached hydrogens (tertiary/aromatic N) is 1. The number of Topliss-reactive ketones (excluding diaryl/α,β-unsaturated/α-hetero) is 1. The summed E-state index contributed by atoms with van der Waals surface area (Å²) >= 11 is 6.47. The average molecular weight is 726 g/mol. The molecule has 6 rings (SSSR count). The van der Waals surface area contributed by atoms with Gasteiger partial charge in [0.15, 0.2) is 0 Å². The number of hydrogen-bond acceptors (Lipinski definition) is 8. The quantitative estimate of drug-likeness (QED) is 0.235. The number of hydroxylamine groups is 1. The third-order valence-electron chi connectivity index (χ3n) is 10.7. The number of rotatable bonds is 12. The van der Waals surface area contributed by atoms with Gasteiger partial charge in [-0.3, -0.25) is 34.3 Å². The van der Waals surface area contributed by atoms with Crippen molar-refractivity contribution in [3.05, 3.63) is 34.4 Å². The van der Waals surface area contributed by atoms with Crippen molar-refractivity contribution >= 4 is 46.7 Å². The van der Waals surface area contributed by atoms with Crippen LogP contribution in [-0.4, -0.2) is 77.2 Å². The molecule has 1 saturated heterocycles. The van der Waals surface area contributed by atoms with Crippen LogP contribution >= 0.6 is 11.6 Å². The lowest BCUT2D eigenvalue weighted by molar-refractivity contribution is -0.145. The van der Waals surface area contributed by atoms with Crippen LogP contribution in [-0.2, 0) is 35.2 Å². The lowest BCUT2D eigenvalue weighted by atomic mass is 9.84. The second-order valence-corrected chi connectivity index (χ2v) is 16.5. The number of likely N-dealkylation sites (tertiary alicyclic amines) is 1. The summed E-state index contributed by atoms with van der Waals surface area (Å²) in [5, 5.41) is 9.12. The van der Waals surface area contributed by atoms with Gasteiger partial charge in [-0.05, 0) is 67.2 Å². The minimum absolute atomic E-state index is 0.00364. The molecule has 3 heterocycles. The molecular formula is C38H52ClN5O7. The fraction of sp³-hybridized carbons (Fsp3) is 0.658. The van der Waals surface area contributed by atoms with Crippen LogP contribution in [0.2, 0.25) is 5.02 Å². The van der Waals surface area contributed by atoms with Gasteiger partial charge < -0.3 is 25.6 Å². The number of amides is 4. The van der Waals surface area contributed by atoms with Crippen molar-refractivity contribution in [3.63, 3.8) is 0 Å². The molecule has 3 aliphatic heterocycles. The first-order valence-corrected chi connectivity index (χ1v) is 19.0. The minimum atomic E-state index is -1.12. The molecule has 51 heavy (non-hydrogen) atoms. The highest BCUT2D eigenvalue weighted by molar-refractivity contribution is 6.38. The van der Waals surface area contributed by atoms with Crippen LogP contribution < -0.4 is 26.2 Å². The largest absolute Gasteiger partial charge is 0.492 e. The zero-order valence-corrected chi connectivity index (χ0v) is 31.0. The van der Waals surface area contributed by atoms with E-state index in [1.165, 1.54) is 11.3 Å². The molecule has 0 radical (unpaired) electrons. The van der Waals surface area contributed by atoms with Crippen molar-refractivity contribution in [3.8, 4) is 5.75 Å². The van der Waals surface area contributed by atoms with Crippen molar-refractivity contribution in [1.82, 2.24) is 26.3 Å². The van der Waals surface area contributed by atoms with E-state index in [4.69, 9.17) is 21.2 Å². The highest BCUT2D eigenvalue weighted by Gasteiger charge is 2.54. The van der Waals surface area contributed by atoms with E-state index < -0.39 is 52.6 Å². The molecule has 5 aliphatic rings. The molecule has 2 saturated carbocycles. The first-order chi connectivity index (χ1) is 24.3. The molecule has 2 aliphatic carbocycles. The molecule has 4 atom stereocenters. The number of benzene rings is 1. The first-order valence-electron chi connectivity index (χ1n) is 18.6. The van der Waals surface area contributed by atoms with Crippen molar-refractivity contribution < 1.29 is 33.5 Å². The molecule has 4 amide bonds. The second-order valence-electron chi connectivity index (χ2n) is 16.1. The van der Waals surface area contributed by atoms with Gasteiger partial charge in [-0.25, -0.2) is 0 Å². The lowest BCUT2D eigenvalue weighted by Gasteiger charge is -2.36. The Labute approximate surface area is 305 Å². The average Bonchev–Trinajstić information content (AvgIpc) is 3.44. The van der Waals surface area contributed by atoms with E-state index in [0.717, 1.165) is 56.1 Å². The highest BCUT2D eigenvalue weighted by Crippen LogP contribution is 2.43. The molecule has 12 nitrogen and oxygen atoms in total. The molecule has 4 N–H and O–H groups in total. The molecule has 0 unspecified atom stereocenters. The molecule has 1 spiro atoms. The Morgan fingerprint density at radius 3 is 2.49 bits per heavy atom. The third kappa shape index (κ3) is 8.54. The molecule has 3 fully saturated rings. The third-order valence-corrected chi connectivity index (χ3v) is 10.9. The summed E-state index contributed by atoms with van der Waals surface area (Å²) in [7, 11) is 0. The van der Waals surface area contributed by atoms with Crippen LogP contribution in [0.1, 0.15) is 109 Å². The summed E-state index contributed by atoms with van der Waals surface area (Å²) in [5.74, 6) is -1.60. The second kappa shape index (κ2) is 15.1. The zero-order chi connectivity index (χ0) is 36.5. The predicted octanol–water partition coefficient (Wildman–Crippen LogP) is 4.12. The van der Waals surface area contributed by atoms with E-state index in [0.29, 0.717) is 35.9 Å². The maximum absolute atomic E-state index is 14.7. The maximum Gasteiger partial charge on any atom is 0.289 e. The predicted molar refractivity (Wildman–Crippen MR) is 191 cm³/mol. The van der Waals surface area contributed by atoms with Gasteiger partial charge >= 0.3 is 0 Å². The normalized spacial score (nSPS) is 24.2. The van der Waals surface area contributed by atoms with Gasteiger partial charge in [0, 0.05) is 35.9 Å². The smallest absolute Gasteiger partial charge is 0.289 e. The number of ketones is 1. The van der Waals surface area contributed by atoms with Gasteiger partial charge in [0.25, 0.3) is 5.91 Å². The summed E-state index contributed by atoms with van der Waals surface area (Å²) in [5.41, 5.74) is 3.51. The first kappa shape index (κ1) is 37.1. The Bertz CT molecular complexity index is 1580. The van der Waals surface area contributed by atoms with Crippen LogP contribution in [0.3, 0.4) is 0 Å². The summed E-state index contributed by atoms with van der Waals surface area (Å²) < 4.78 is 5.93. The summed E-state index contributed by atoms with van der Waals surface area (Å²) in [6.45, 7) is 8.06. The van der Waals surface area contributed by atoms with Crippen molar-refractivity contribution in [1.29, 1.82) is 0 Å². The highest BCUT2D eigenvalue weighted by atomic mass is 35.5. The number of nitrogens with one attached hydrogen (secondary N) is 4. The van der Waals surface area contributed by atoms with Crippen LogP contribution in [0.25, 0.3) is 5.70 Å². The van der Waals surface area contributed by atoms with Crippen LogP contribution in [0.5, 0.6) is 5.75 Å². The van der Waals surface area contributed by atoms with Gasteiger partial charge in [0.2, 0.25) is 23.5 Å². The molecule has 278 valence electrons. The van der Waals surface area contributed by atoms with Crippen LogP contribution in [0.15, 0.2) is 18.2 Å². The number of carbonyl (C=O) groups excluding carboxylic acids is 5. The van der Waals surface area contributed by atoms with Crippen LogP contribution in [0.4, 0.5) is 0 Å². The van der Waals surface area contributed by atoms with E-state index in [1.807, 2.05) is 39.8 Å². The number of halogens is 1. The van der Waals surface area contributed by atoms with Gasteiger partial charge in [0.05, 0.1) is 24.9 Å². The van der Waals surface area contributed by atoms with Crippen molar-refractivity contribution in [2.45, 2.75) is 135 Å². The lowest BCUT2D eigenvalue weighted by Crippen LogP contribution is -2.59. The molecule has 0 aromatic heterocycles. The van der Waals surface area contributed by atoms with Crippen molar-refractivity contribution in [2.75, 3.05) is 13.2 Å². The molecule has 13 heteroatoms. The van der Waals surface area contributed by atoms with Gasteiger partial charge in [-0.15, -0.1) is 0 Å². The Balaban J connectivity index is 1.28. The summed E-state index contributed by atoms with van der Waals surface area (Å²) in [6.07, 6.45) is 10.8. The van der Waals surface area contributed by atoms with E-state index in [9.17, 15) is 24.0 Å². The van der Waals surface area contributed by atoms with Gasteiger partial charge in [0.1, 0.15) is 23.4 Å². The van der Waals surface area contributed by atoms with Gasteiger partial charge in [-0.2, -0.15) is 0 Å². The molecule has 1 aromatic rings. The fourth-order valence-corrected chi connectivity index (χ4v) is 8.02. The number of carbonyl (C=O) groups is 5. The van der Waals surface area contributed by atoms with E-state index in [1.54, 1.807) is 6.07 Å². The number of hydrogen-bond donors (Lipinski definition) is 4. The molecule has 0 bridgehead atoms. The van der Waals surface area contributed by atoms with E-state index >= 15 is 0 Å². The zero-order valence-electron chi connectivity index (χ0n) is 30.2. The summed E-state index contributed by atoms with van der Waals surface area (Å²) in [6, 6.07) is 0.616. The van der Waals surface area contributed by atoms with Crippen LogP contribution in [0, 0.1) is 11.3 Å². The Kier molecular flexibility index (Phi) is 11.0. The maximum atomic E-state index is 14.7. The topological polar surface area (TPSA) is 155 Å². The fourth-order valence-electron chi connectivity index (χ4n) is 7.78. The van der Waals surface area contributed by atoms with Gasteiger partial charge in [-0.1, -0.05) is 65.0 Å². The Morgan fingerprint density at radius 1 is 1.06 bits per heavy atom. The molecular weight excluding hydrogens is 674 g/mol. The summed E-state index contributed by atoms with van der Waals surface area (Å²) in [4.78, 5) is 76.0. The van der Waals surface area contributed by atoms with E-state index in [-0.39, 0.29) is 37.3 Å². The monoisotopic (exact) mass is 725 g/mol. The Morgan fingerprint density at radius 2 is 1.80 bits per heavy atom. The molecule has 1 aromatic carbocycles. The van der Waals surface area contributed by atoms with E-state index in [2.05, 4.69) is 21.4 Å². The number of ether oxygens (including phenoxy) is 1. The SMILES string of the molecule is CCC[C@H](NC(=O)[C@@H]1C[C@]2(C=C(c3cc(Cl)cc4c3OCC4)NO2)CN1C(=O)[C@@H](NC(=O)CC1CCCCC1)C(C)(C)C)C(=O)C(=O)NC1CC1. The van der Waals surface area contributed by atoms with Crippen molar-refractivity contribution in [2.24, 2.45) is 11.3 Å². The standard InChI is InChI=1S/C38H52ClN5O7/c1-5-9-27(31(46)35(48)40-25-12-13-25)41-34(47)29-20-38(19-28(43-51-38)26-18-24(39)17-23-14-15-50-32(23)26)21-44(29)36(49)33(37(2,3)4)42-30(45)16-22-10-7-6-8-11-22/h17-19,22,25,27,29,33,43H,5-16,20-21H2,1-4H3,(H,40,48)(H,41,47)(H,42,45)/t27-,29-,33+,38+/m0/s1. The number of fused-ring (bicyclic) bond motifs is 1.